The Balaban J connectivity index is 2.50. The zero-order valence-corrected chi connectivity index (χ0v) is 5.26. The summed E-state index contributed by atoms with van der Waals surface area (Å²) in [6, 6.07) is 0. The number of nitrogens with zero attached hydrogens (tertiary/aromatic N) is 1. The highest BCUT2D eigenvalue weighted by molar-refractivity contribution is 5.96. The molecule has 0 fully saturated rings. The molecule has 0 aliphatic carbocycles. The average molecular weight is 138 g/mol. The molecule has 2 heterocycles. The molecule has 0 radical (unpaired) electrons. The second-order valence-electron chi connectivity index (χ2n) is 2.15. The van der Waals surface area contributed by atoms with Crippen molar-refractivity contribution in [2.75, 3.05) is 6.54 Å². The van der Waals surface area contributed by atoms with E-state index in [9.17, 15) is 4.79 Å². The summed E-state index contributed by atoms with van der Waals surface area (Å²) in [5.41, 5.74) is 0.719. The van der Waals surface area contributed by atoms with Crippen molar-refractivity contribution in [3.8, 4) is 0 Å². The van der Waals surface area contributed by atoms with Crippen LogP contribution in [0, 0.1) is 0 Å². The predicted octanol–water partition coefficient (Wildman–Crippen LogP) is -0.0395. The van der Waals surface area contributed by atoms with Crippen molar-refractivity contribution in [3.63, 3.8) is 0 Å². The van der Waals surface area contributed by atoms with Gasteiger partial charge in [0.25, 0.3) is 0 Å². The van der Waals surface area contributed by atoms with E-state index in [1.54, 1.807) is 0 Å². The van der Waals surface area contributed by atoms with Gasteiger partial charge in [0.15, 0.2) is 12.2 Å². The van der Waals surface area contributed by atoms with Crippen LogP contribution in [0.25, 0.3) is 0 Å². The summed E-state index contributed by atoms with van der Waals surface area (Å²) < 4.78 is 4.87. The molecule has 1 aliphatic heterocycles. The van der Waals surface area contributed by atoms with Gasteiger partial charge in [-0.1, -0.05) is 0 Å². The zero-order chi connectivity index (χ0) is 6.97. The summed E-state index contributed by atoms with van der Waals surface area (Å²) in [6.07, 6.45) is 1.30. The lowest BCUT2D eigenvalue weighted by Gasteiger charge is -2.07. The monoisotopic (exact) mass is 138 g/mol. The average Bonchev–Trinajstić information content (AvgIpc) is 2.36. The van der Waals surface area contributed by atoms with Crippen LogP contribution in [-0.4, -0.2) is 17.3 Å². The van der Waals surface area contributed by atoms with Crippen molar-refractivity contribution in [1.29, 1.82) is 0 Å². The number of ketones is 1. The first-order chi connectivity index (χ1) is 4.88. The van der Waals surface area contributed by atoms with E-state index < -0.39 is 0 Å². The quantitative estimate of drug-likeness (QED) is 0.546. The van der Waals surface area contributed by atoms with E-state index >= 15 is 0 Å². The number of oxazole rings is 1. The topological polar surface area (TPSA) is 55.1 Å². The third-order valence-electron chi connectivity index (χ3n) is 1.47. The van der Waals surface area contributed by atoms with Gasteiger partial charge in [-0.05, 0) is 0 Å². The van der Waals surface area contributed by atoms with Crippen molar-refractivity contribution in [2.24, 2.45) is 0 Å². The Hall–Kier alpha value is -1.16. The number of nitrogens with one attached hydrogen (secondary N) is 1. The number of hydrogen-bond acceptors (Lipinski definition) is 4. The highest BCUT2D eigenvalue weighted by Crippen LogP contribution is 2.10. The number of hydrogen-bond donors (Lipinski definition) is 1. The summed E-state index contributed by atoms with van der Waals surface area (Å²) >= 11 is 0. The molecule has 2 rings (SSSR count). The molecule has 0 spiro atoms. The Bertz CT molecular complexity index is 266. The van der Waals surface area contributed by atoms with Crippen LogP contribution in [0.1, 0.15) is 16.2 Å². The predicted molar refractivity (Wildman–Crippen MR) is 32.5 cm³/mol. The van der Waals surface area contributed by atoms with Crippen LogP contribution in [0.2, 0.25) is 0 Å². The molecule has 1 N–H and O–H groups in total. The summed E-state index contributed by atoms with van der Waals surface area (Å²) in [5.74, 6) is 0.400. The van der Waals surface area contributed by atoms with Crippen LogP contribution in [0.15, 0.2) is 10.8 Å². The molecular formula is C6H6N2O2. The Morgan fingerprint density at radius 2 is 2.50 bits per heavy atom. The molecule has 0 aromatic carbocycles. The van der Waals surface area contributed by atoms with Crippen LogP contribution in [0.4, 0.5) is 0 Å². The molecule has 1 aromatic rings. The van der Waals surface area contributed by atoms with E-state index in [0.29, 0.717) is 18.8 Å². The van der Waals surface area contributed by atoms with E-state index in [-0.39, 0.29) is 5.78 Å². The fraction of sp³-hybridized carbons (Fsp3) is 0.333. The van der Waals surface area contributed by atoms with E-state index in [1.165, 1.54) is 6.39 Å². The standard InChI is InChI=1S/C6H6N2O2/c9-5-2-7-1-4-6(5)10-3-8-4/h3,7H,1-2H2. The lowest BCUT2D eigenvalue weighted by atomic mass is 10.2. The third kappa shape index (κ3) is 0.657. The molecule has 4 nitrogen and oxygen atoms in total. The van der Waals surface area contributed by atoms with Crippen LogP contribution < -0.4 is 5.32 Å². The fourth-order valence-electron chi connectivity index (χ4n) is 0.997. The van der Waals surface area contributed by atoms with E-state index in [0.717, 1.165) is 5.69 Å². The minimum Gasteiger partial charge on any atom is -0.440 e. The maximum Gasteiger partial charge on any atom is 0.213 e. The van der Waals surface area contributed by atoms with Gasteiger partial charge < -0.3 is 9.73 Å². The first-order valence-corrected chi connectivity index (χ1v) is 3.04. The molecular weight excluding hydrogens is 132 g/mol. The van der Waals surface area contributed by atoms with E-state index in [1.807, 2.05) is 0 Å². The van der Waals surface area contributed by atoms with Gasteiger partial charge in [-0.3, -0.25) is 4.79 Å². The third-order valence-corrected chi connectivity index (χ3v) is 1.47. The lowest BCUT2D eigenvalue weighted by molar-refractivity contribution is 0.0953. The molecule has 52 valence electrons. The summed E-state index contributed by atoms with van der Waals surface area (Å²) in [5, 5.41) is 2.90. The number of carbonyl (C=O) groups is 1. The number of rotatable bonds is 0. The van der Waals surface area contributed by atoms with Gasteiger partial charge in [0.05, 0.1) is 6.54 Å². The number of fused-ring (bicyclic) bond motifs is 1. The maximum atomic E-state index is 11.0. The number of carbonyl (C=O) groups excluding carboxylic acids is 1. The highest BCUT2D eigenvalue weighted by atomic mass is 16.3. The molecule has 0 unspecified atom stereocenters. The van der Waals surface area contributed by atoms with Gasteiger partial charge >= 0.3 is 0 Å². The van der Waals surface area contributed by atoms with Crippen LogP contribution >= 0.6 is 0 Å². The normalized spacial score (nSPS) is 17.0. The van der Waals surface area contributed by atoms with Gasteiger partial charge in [-0.25, -0.2) is 4.98 Å². The lowest BCUT2D eigenvalue weighted by Crippen LogP contribution is -2.29. The smallest absolute Gasteiger partial charge is 0.213 e. The second-order valence-corrected chi connectivity index (χ2v) is 2.15. The highest BCUT2D eigenvalue weighted by Gasteiger charge is 2.20. The van der Waals surface area contributed by atoms with Gasteiger partial charge in [0.1, 0.15) is 5.69 Å². The molecule has 0 saturated carbocycles. The summed E-state index contributed by atoms with van der Waals surface area (Å²) in [4.78, 5) is 14.8. The van der Waals surface area contributed by atoms with Crippen molar-refractivity contribution in [3.05, 3.63) is 17.8 Å². The molecule has 4 heteroatoms. The number of aromatic nitrogens is 1. The number of Topliss-reactive ketones (excluding diaryl/α,β-unsaturated/α-hetero) is 1. The van der Waals surface area contributed by atoms with Gasteiger partial charge in [0.2, 0.25) is 5.78 Å². The van der Waals surface area contributed by atoms with Gasteiger partial charge in [-0.2, -0.15) is 0 Å². The molecule has 10 heavy (non-hydrogen) atoms. The van der Waals surface area contributed by atoms with Crippen molar-refractivity contribution in [2.45, 2.75) is 6.54 Å². The van der Waals surface area contributed by atoms with Gasteiger partial charge in [-0.15, -0.1) is 0 Å². The second kappa shape index (κ2) is 1.91. The molecule has 0 saturated heterocycles. The van der Waals surface area contributed by atoms with E-state index in [4.69, 9.17) is 4.42 Å². The van der Waals surface area contributed by atoms with Crippen molar-refractivity contribution in [1.82, 2.24) is 10.3 Å². The first kappa shape index (κ1) is 5.61. The Kier molecular flexibility index (Phi) is 1.07. The minimum atomic E-state index is -0.0150. The summed E-state index contributed by atoms with van der Waals surface area (Å²) in [7, 11) is 0. The van der Waals surface area contributed by atoms with Crippen LogP contribution in [0.5, 0.6) is 0 Å². The minimum absolute atomic E-state index is 0.0150. The SMILES string of the molecule is O=C1CNCc2ncoc21. The molecule has 1 aliphatic rings. The zero-order valence-electron chi connectivity index (χ0n) is 5.26. The first-order valence-electron chi connectivity index (χ1n) is 3.04. The molecule has 0 atom stereocenters. The van der Waals surface area contributed by atoms with Gasteiger partial charge in [0, 0.05) is 6.54 Å². The molecule has 1 aromatic heterocycles. The van der Waals surface area contributed by atoms with E-state index in [2.05, 4.69) is 10.3 Å². The van der Waals surface area contributed by atoms with Crippen LogP contribution in [0.3, 0.4) is 0 Å². The Morgan fingerprint density at radius 1 is 1.60 bits per heavy atom. The summed E-state index contributed by atoms with van der Waals surface area (Å²) in [6.45, 7) is 1.000. The molecule has 0 amide bonds. The maximum absolute atomic E-state index is 11.0. The Morgan fingerprint density at radius 3 is 3.30 bits per heavy atom. The fourth-order valence-corrected chi connectivity index (χ4v) is 0.997. The van der Waals surface area contributed by atoms with Crippen molar-refractivity contribution < 1.29 is 9.21 Å². The largest absolute Gasteiger partial charge is 0.440 e. The Labute approximate surface area is 57.2 Å². The molecule has 0 bridgehead atoms. The van der Waals surface area contributed by atoms with Crippen molar-refractivity contribution >= 4 is 5.78 Å². The van der Waals surface area contributed by atoms with Crippen LogP contribution in [-0.2, 0) is 6.54 Å².